The van der Waals surface area contributed by atoms with Gasteiger partial charge in [0, 0.05) is 11.9 Å². The zero-order valence-electron chi connectivity index (χ0n) is 17.3. The molecular formula is C22H21N5O3S. The number of rotatable bonds is 5. The lowest BCUT2D eigenvalue weighted by atomic mass is 10.1. The van der Waals surface area contributed by atoms with Crippen LogP contribution in [0.5, 0.6) is 5.75 Å². The maximum absolute atomic E-state index is 12.5. The minimum atomic E-state index is -0.641. The van der Waals surface area contributed by atoms with Gasteiger partial charge in [-0.2, -0.15) is 10.1 Å². The van der Waals surface area contributed by atoms with Gasteiger partial charge >= 0.3 is 0 Å². The molecule has 0 fully saturated rings. The fraction of sp³-hybridized carbons (Fsp3) is 0.227. The van der Waals surface area contributed by atoms with Gasteiger partial charge in [-0.05, 0) is 43.2 Å². The van der Waals surface area contributed by atoms with Crippen LogP contribution in [0.25, 0.3) is 0 Å². The Bertz CT molecular complexity index is 1140. The van der Waals surface area contributed by atoms with Crippen molar-refractivity contribution in [1.82, 2.24) is 0 Å². The Labute approximate surface area is 184 Å². The van der Waals surface area contributed by atoms with E-state index < -0.39 is 5.92 Å². The van der Waals surface area contributed by atoms with Crippen molar-refractivity contribution in [2.45, 2.75) is 13.8 Å². The van der Waals surface area contributed by atoms with Crippen molar-refractivity contribution in [2.75, 3.05) is 23.2 Å². The highest BCUT2D eigenvalue weighted by molar-refractivity contribution is 8.14. The number of nitrogens with one attached hydrogen (secondary N) is 1. The molecule has 0 spiro atoms. The monoisotopic (exact) mass is 435 g/mol. The summed E-state index contributed by atoms with van der Waals surface area (Å²) in [6.07, 6.45) is 1.52. The van der Waals surface area contributed by atoms with Crippen LogP contribution in [0.4, 0.5) is 11.4 Å². The minimum Gasteiger partial charge on any atom is -0.494 e. The molecule has 2 amide bonds. The Morgan fingerprint density at radius 3 is 2.77 bits per heavy atom. The number of methoxy groups -OCH3 is 1. The van der Waals surface area contributed by atoms with Gasteiger partial charge in [0.2, 0.25) is 5.91 Å². The van der Waals surface area contributed by atoms with E-state index in [4.69, 9.17) is 4.74 Å². The van der Waals surface area contributed by atoms with Gasteiger partial charge in [0.25, 0.3) is 5.91 Å². The van der Waals surface area contributed by atoms with E-state index >= 15 is 0 Å². The van der Waals surface area contributed by atoms with E-state index in [1.807, 2.05) is 56.3 Å². The van der Waals surface area contributed by atoms with Gasteiger partial charge in [-0.1, -0.05) is 36.0 Å². The highest BCUT2D eigenvalue weighted by Crippen LogP contribution is 2.33. The minimum absolute atomic E-state index is 0.0798. The third kappa shape index (κ3) is 4.22. The molecule has 1 atom stereocenters. The standard InChI is InChI=1S/C22H21N5O3S/c1-13-7-6-8-16(14(13)2)24-19(28)12-31-22-25-20-15(21(29)26-22)11-23-27(20)17-9-4-5-10-18(17)30-3/h4-11,15H,12H2,1-3H3,(H,24,28). The van der Waals surface area contributed by atoms with Gasteiger partial charge in [0.1, 0.15) is 17.4 Å². The number of aryl methyl sites for hydroxylation is 1. The normalized spacial score (nSPS) is 17.2. The largest absolute Gasteiger partial charge is 0.494 e. The topological polar surface area (TPSA) is 95.7 Å². The Balaban J connectivity index is 1.48. The molecule has 0 radical (unpaired) electrons. The number of fused-ring (bicyclic) bond motifs is 1. The molecule has 31 heavy (non-hydrogen) atoms. The highest BCUT2D eigenvalue weighted by atomic mass is 32.2. The van der Waals surface area contributed by atoms with Crippen molar-refractivity contribution in [3.8, 4) is 5.75 Å². The molecule has 2 aliphatic rings. The van der Waals surface area contributed by atoms with Crippen LogP contribution in [0.2, 0.25) is 0 Å². The first-order valence-corrected chi connectivity index (χ1v) is 10.6. The number of hydrogen-bond acceptors (Lipinski definition) is 7. The maximum atomic E-state index is 12.5. The Morgan fingerprint density at radius 1 is 1.16 bits per heavy atom. The third-order valence-electron chi connectivity index (χ3n) is 5.03. The molecule has 2 aromatic carbocycles. The lowest BCUT2D eigenvalue weighted by Gasteiger charge is -2.21. The van der Waals surface area contributed by atoms with E-state index in [2.05, 4.69) is 20.4 Å². The van der Waals surface area contributed by atoms with Crippen LogP contribution >= 0.6 is 11.8 Å². The van der Waals surface area contributed by atoms with Crippen molar-refractivity contribution >= 4 is 52.2 Å². The molecule has 1 unspecified atom stereocenters. The number of hydrogen-bond donors (Lipinski definition) is 1. The molecule has 158 valence electrons. The molecule has 2 aromatic rings. The van der Waals surface area contributed by atoms with Crippen molar-refractivity contribution in [1.29, 1.82) is 0 Å². The molecule has 0 bridgehead atoms. The van der Waals surface area contributed by atoms with Gasteiger partial charge in [-0.25, -0.2) is 10.0 Å². The fourth-order valence-corrected chi connectivity index (χ4v) is 3.87. The molecule has 8 nitrogen and oxygen atoms in total. The van der Waals surface area contributed by atoms with E-state index in [0.29, 0.717) is 17.3 Å². The lowest BCUT2D eigenvalue weighted by Crippen LogP contribution is -2.34. The number of carbonyl (C=O) groups is 2. The van der Waals surface area contributed by atoms with Gasteiger partial charge in [-0.3, -0.25) is 9.59 Å². The number of ether oxygens (including phenoxy) is 1. The Kier molecular flexibility index (Phi) is 5.85. The number of anilines is 2. The van der Waals surface area contributed by atoms with Crippen molar-refractivity contribution < 1.29 is 14.3 Å². The molecule has 0 saturated heterocycles. The smallest absolute Gasteiger partial charge is 0.264 e. The van der Waals surface area contributed by atoms with Gasteiger partial charge in [0.15, 0.2) is 11.0 Å². The molecule has 1 N–H and O–H groups in total. The average molecular weight is 436 g/mol. The molecule has 2 aliphatic heterocycles. The number of nitrogens with zero attached hydrogens (tertiary/aromatic N) is 4. The second-order valence-corrected chi connectivity index (χ2v) is 7.96. The SMILES string of the molecule is COc1ccccc1N1N=CC2C(=O)N=C(SCC(=O)Nc3cccc(C)c3C)N=C21. The Morgan fingerprint density at radius 2 is 1.97 bits per heavy atom. The zero-order valence-corrected chi connectivity index (χ0v) is 18.1. The van der Waals surface area contributed by atoms with Gasteiger partial charge in [0.05, 0.1) is 12.9 Å². The van der Waals surface area contributed by atoms with Crippen LogP contribution in [-0.2, 0) is 9.59 Å². The van der Waals surface area contributed by atoms with Crippen molar-refractivity contribution in [3.63, 3.8) is 0 Å². The summed E-state index contributed by atoms with van der Waals surface area (Å²) < 4.78 is 5.40. The van der Waals surface area contributed by atoms with Crippen LogP contribution in [0.15, 0.2) is 57.6 Å². The molecule has 0 aromatic heterocycles. The van der Waals surface area contributed by atoms with E-state index in [-0.39, 0.29) is 22.7 Å². The van der Waals surface area contributed by atoms with Gasteiger partial charge < -0.3 is 10.1 Å². The number of hydrazone groups is 1. The quantitative estimate of drug-likeness (QED) is 0.777. The second kappa shape index (κ2) is 8.73. The summed E-state index contributed by atoms with van der Waals surface area (Å²) in [7, 11) is 1.57. The first-order chi connectivity index (χ1) is 15.0. The predicted octanol–water partition coefficient (Wildman–Crippen LogP) is 3.40. The van der Waals surface area contributed by atoms with Crippen molar-refractivity contribution in [3.05, 3.63) is 53.6 Å². The summed E-state index contributed by atoms with van der Waals surface area (Å²) >= 11 is 1.11. The van der Waals surface area contributed by atoms with Crippen LogP contribution in [-0.4, -0.2) is 41.9 Å². The highest BCUT2D eigenvalue weighted by Gasteiger charge is 2.37. The van der Waals surface area contributed by atoms with E-state index in [1.54, 1.807) is 12.1 Å². The maximum Gasteiger partial charge on any atom is 0.264 e. The molecule has 4 rings (SSSR count). The Hall–Kier alpha value is -3.46. The molecule has 2 heterocycles. The number of amides is 2. The van der Waals surface area contributed by atoms with Crippen LogP contribution < -0.4 is 15.1 Å². The lowest BCUT2D eigenvalue weighted by molar-refractivity contribution is -0.118. The number of benzene rings is 2. The summed E-state index contributed by atoms with van der Waals surface area (Å²) in [4.78, 5) is 33.5. The first-order valence-electron chi connectivity index (χ1n) is 9.65. The van der Waals surface area contributed by atoms with E-state index in [1.165, 1.54) is 6.21 Å². The molecule has 0 aliphatic carbocycles. The summed E-state index contributed by atoms with van der Waals surface area (Å²) in [5, 5.41) is 9.04. The number of para-hydroxylation sites is 2. The summed E-state index contributed by atoms with van der Waals surface area (Å²) in [5.74, 6) is -0.0553. The average Bonchev–Trinajstić information content (AvgIpc) is 3.20. The fourth-order valence-electron chi connectivity index (χ4n) is 3.23. The molecular weight excluding hydrogens is 414 g/mol. The van der Waals surface area contributed by atoms with E-state index in [0.717, 1.165) is 28.6 Å². The summed E-state index contributed by atoms with van der Waals surface area (Å²) in [6, 6.07) is 13.1. The second-order valence-electron chi connectivity index (χ2n) is 7.01. The summed E-state index contributed by atoms with van der Waals surface area (Å²) in [5.41, 5.74) is 3.56. The van der Waals surface area contributed by atoms with Gasteiger partial charge in [-0.15, -0.1) is 0 Å². The van der Waals surface area contributed by atoms with Crippen LogP contribution in [0.3, 0.4) is 0 Å². The summed E-state index contributed by atoms with van der Waals surface area (Å²) in [6.45, 7) is 3.95. The van der Waals surface area contributed by atoms with Crippen molar-refractivity contribution in [2.24, 2.45) is 21.0 Å². The predicted molar refractivity (Wildman–Crippen MR) is 124 cm³/mol. The molecule has 9 heteroatoms. The van der Waals surface area contributed by atoms with E-state index in [9.17, 15) is 9.59 Å². The first kappa shape index (κ1) is 20.8. The van der Waals surface area contributed by atoms with Crippen LogP contribution in [0.1, 0.15) is 11.1 Å². The van der Waals surface area contributed by atoms with Crippen LogP contribution in [0, 0.1) is 19.8 Å². The third-order valence-corrected chi connectivity index (χ3v) is 5.88. The number of amidine groups is 2. The number of thioether (sulfide) groups is 1. The number of carbonyl (C=O) groups excluding carboxylic acids is 2. The molecule has 0 saturated carbocycles. The zero-order chi connectivity index (χ0) is 22.0. The number of aliphatic imine (C=N–C) groups is 2.